The molecule has 0 spiro atoms. The molecule has 0 aliphatic rings. The predicted molar refractivity (Wildman–Crippen MR) is 130 cm³/mol. The van der Waals surface area contributed by atoms with Gasteiger partial charge in [-0.05, 0) is 35.9 Å². The Kier molecular flexibility index (Phi) is 17.6. The lowest BCUT2D eigenvalue weighted by molar-refractivity contribution is 0.112. The number of rotatable bonds is 2. The first kappa shape index (κ1) is 27.2. The van der Waals surface area contributed by atoms with Crippen molar-refractivity contribution in [2.75, 3.05) is 0 Å². The van der Waals surface area contributed by atoms with Crippen LogP contribution in [-0.4, -0.2) is 6.29 Å². The molecule has 0 saturated carbocycles. The smallest absolute Gasteiger partial charge is 0.150 e. The van der Waals surface area contributed by atoms with Gasteiger partial charge in [0.1, 0.15) is 24.0 Å². The van der Waals surface area contributed by atoms with Gasteiger partial charge < -0.3 is 0 Å². The highest BCUT2D eigenvalue weighted by atomic mass is 128. The lowest BCUT2D eigenvalue weighted by Crippen LogP contribution is -1.79. The van der Waals surface area contributed by atoms with E-state index in [9.17, 15) is 4.79 Å². The van der Waals surface area contributed by atoms with Crippen molar-refractivity contribution in [1.29, 1.82) is 21.0 Å². The van der Waals surface area contributed by atoms with Crippen molar-refractivity contribution in [2.45, 2.75) is 0 Å². The van der Waals surface area contributed by atoms with Gasteiger partial charge in [-0.2, -0.15) is 21.0 Å². The molecule has 0 aliphatic carbocycles. The maximum absolute atomic E-state index is 10.2. The normalized spacial score (nSPS) is 7.33. The number of halogens is 3. The highest BCUT2D eigenvalue weighted by Gasteiger charge is 1.95. The topological polar surface area (TPSA) is 112 Å². The van der Waals surface area contributed by atoms with E-state index in [1.807, 2.05) is 12.1 Å². The van der Waals surface area contributed by atoms with E-state index >= 15 is 0 Å². The number of hydrogen-bond acceptors (Lipinski definition) is 5. The molecule has 0 saturated heterocycles. The van der Waals surface area contributed by atoms with Crippen molar-refractivity contribution in [2.24, 2.45) is 0 Å². The van der Waals surface area contributed by atoms with Gasteiger partial charge in [0.05, 0.1) is 23.3 Å². The molecule has 0 heterocycles. The minimum atomic E-state index is 0. The number of hydrogen-bond donors (Lipinski definition) is 0. The second-order valence-electron chi connectivity index (χ2n) is 4.37. The molecule has 0 fully saturated rings. The summed E-state index contributed by atoms with van der Waals surface area (Å²) in [7, 11) is 0. The molecule has 2 aromatic rings. The summed E-state index contributed by atoms with van der Waals surface area (Å²) in [4.78, 5) is 10.2. The van der Waals surface area contributed by atoms with E-state index in [-0.39, 0.29) is 29.5 Å². The zero-order valence-corrected chi connectivity index (χ0v) is 20.3. The summed E-state index contributed by atoms with van der Waals surface area (Å²) in [6.07, 6.45) is 2.17. The average molecular weight is 692 g/mol. The summed E-state index contributed by atoms with van der Waals surface area (Å²) >= 11 is 4.24. The van der Waals surface area contributed by atoms with E-state index in [0.717, 1.165) is 6.29 Å². The third kappa shape index (κ3) is 11.3. The Bertz CT molecular complexity index is 929. The molecular formula is C19H11I3N4O. The molecule has 0 unspecified atom stereocenters. The number of nitrogens with zero attached hydrogens (tertiary/aromatic N) is 4. The Balaban J connectivity index is 0. The first-order chi connectivity index (χ1) is 12.7. The van der Waals surface area contributed by atoms with Crippen LogP contribution >= 0.6 is 61.2 Å². The molecule has 0 atom stereocenters. The van der Waals surface area contributed by atoms with Crippen LogP contribution in [0, 0.1) is 45.3 Å². The maximum Gasteiger partial charge on any atom is 0.150 e. The third-order valence-corrected chi connectivity index (χ3v) is 2.72. The Morgan fingerprint density at radius 2 is 1.26 bits per heavy atom. The SMILES string of the molecule is I.II.N#CC(C#N)=Cc1cccc(C#N)c1.N#Cc1cccc(C=O)c1. The monoisotopic (exact) mass is 692 g/mol. The molecule has 0 radical (unpaired) electrons. The van der Waals surface area contributed by atoms with Gasteiger partial charge in [0, 0.05) is 42.8 Å². The molecule has 8 heteroatoms. The first-order valence-corrected chi connectivity index (χ1v) is 13.1. The Hall–Kier alpha value is -2.00. The molecule has 0 aliphatic heterocycles. The molecule has 0 amide bonds. The van der Waals surface area contributed by atoms with Crippen LogP contribution < -0.4 is 0 Å². The Labute approximate surface area is 198 Å². The van der Waals surface area contributed by atoms with Crippen molar-refractivity contribution in [3.8, 4) is 24.3 Å². The molecule has 134 valence electrons. The number of benzene rings is 2. The molecule has 0 N–H and O–H groups in total. The average Bonchev–Trinajstić information content (AvgIpc) is 2.74. The summed E-state index contributed by atoms with van der Waals surface area (Å²) < 4.78 is 0. The second kappa shape index (κ2) is 17.4. The fourth-order valence-electron chi connectivity index (χ4n) is 1.64. The summed E-state index contributed by atoms with van der Waals surface area (Å²) in [5, 5.41) is 34.0. The number of allylic oxidation sites excluding steroid dienone is 1. The van der Waals surface area contributed by atoms with Gasteiger partial charge in [-0.1, -0.05) is 24.3 Å². The zero-order chi connectivity index (χ0) is 19.8. The second-order valence-corrected chi connectivity index (χ2v) is 4.37. The molecule has 2 rings (SSSR count). The minimum absolute atomic E-state index is 0. The fourth-order valence-corrected chi connectivity index (χ4v) is 1.64. The van der Waals surface area contributed by atoms with Crippen LogP contribution in [0.4, 0.5) is 0 Å². The lowest BCUT2D eigenvalue weighted by atomic mass is 10.1. The van der Waals surface area contributed by atoms with Gasteiger partial charge in [-0.3, -0.25) is 4.79 Å². The van der Waals surface area contributed by atoms with Gasteiger partial charge >= 0.3 is 0 Å². The summed E-state index contributed by atoms with van der Waals surface area (Å²) in [6, 6.07) is 20.7. The van der Waals surface area contributed by atoms with E-state index in [0.29, 0.717) is 22.3 Å². The molecule has 0 aromatic heterocycles. The minimum Gasteiger partial charge on any atom is -0.298 e. The van der Waals surface area contributed by atoms with Gasteiger partial charge in [-0.25, -0.2) is 0 Å². The van der Waals surface area contributed by atoms with Crippen LogP contribution in [0.25, 0.3) is 6.08 Å². The van der Waals surface area contributed by atoms with E-state index in [1.165, 1.54) is 6.08 Å². The van der Waals surface area contributed by atoms with E-state index in [4.69, 9.17) is 21.0 Å². The van der Waals surface area contributed by atoms with Gasteiger partial charge in [0.2, 0.25) is 0 Å². The molecule has 5 nitrogen and oxygen atoms in total. The number of nitriles is 4. The quantitative estimate of drug-likeness (QED) is 0.226. The Morgan fingerprint density at radius 1 is 0.815 bits per heavy atom. The highest BCUT2D eigenvalue weighted by Crippen LogP contribution is 2.08. The van der Waals surface area contributed by atoms with Crippen LogP contribution in [0.2, 0.25) is 0 Å². The van der Waals surface area contributed by atoms with Crippen molar-refractivity contribution >= 4 is 73.6 Å². The maximum atomic E-state index is 10.2. The van der Waals surface area contributed by atoms with Crippen molar-refractivity contribution in [1.82, 2.24) is 0 Å². The lowest BCUT2D eigenvalue weighted by Gasteiger charge is -1.92. The van der Waals surface area contributed by atoms with E-state index in [1.54, 1.807) is 60.7 Å². The summed E-state index contributed by atoms with van der Waals surface area (Å²) in [6.45, 7) is 0. The fraction of sp³-hybridized carbons (Fsp3) is 0. The molecule has 0 bridgehead atoms. The van der Waals surface area contributed by atoms with Crippen LogP contribution in [0.1, 0.15) is 27.0 Å². The van der Waals surface area contributed by atoms with Crippen molar-refractivity contribution < 1.29 is 4.79 Å². The zero-order valence-electron chi connectivity index (χ0n) is 13.6. The number of aldehydes is 1. The summed E-state index contributed by atoms with van der Waals surface area (Å²) in [5.41, 5.74) is 2.28. The molecular weight excluding hydrogens is 681 g/mol. The van der Waals surface area contributed by atoms with Crippen LogP contribution in [0.3, 0.4) is 0 Å². The molecule has 2 aromatic carbocycles. The van der Waals surface area contributed by atoms with Crippen LogP contribution in [0.15, 0.2) is 54.1 Å². The first-order valence-electron chi connectivity index (χ1n) is 6.78. The molecule has 27 heavy (non-hydrogen) atoms. The van der Waals surface area contributed by atoms with E-state index in [2.05, 4.69) is 37.2 Å². The van der Waals surface area contributed by atoms with Crippen LogP contribution in [-0.2, 0) is 0 Å². The highest BCUT2D eigenvalue weighted by molar-refractivity contribution is 15.0. The Morgan fingerprint density at radius 3 is 1.67 bits per heavy atom. The summed E-state index contributed by atoms with van der Waals surface area (Å²) in [5.74, 6) is 0. The number of carbonyl (C=O) groups is 1. The number of carbonyl (C=O) groups excluding carboxylic acids is 1. The van der Waals surface area contributed by atoms with Crippen molar-refractivity contribution in [3.05, 3.63) is 76.4 Å². The predicted octanol–water partition coefficient (Wildman–Crippen LogP) is 5.75. The van der Waals surface area contributed by atoms with E-state index < -0.39 is 0 Å². The third-order valence-electron chi connectivity index (χ3n) is 2.72. The standard InChI is InChI=1S/C11H5N3.C8H5NO.I2.HI/c12-6-10-3-1-2-9(4-10)5-11(7-13)8-14;9-5-7-2-1-3-8(4-7)6-10;1-2;/h1-5H;1-4,6H;;1H. The van der Waals surface area contributed by atoms with Gasteiger partial charge in [0.25, 0.3) is 0 Å². The van der Waals surface area contributed by atoms with Crippen molar-refractivity contribution in [3.63, 3.8) is 0 Å². The van der Waals surface area contributed by atoms with Gasteiger partial charge in [-0.15, -0.1) is 24.0 Å². The van der Waals surface area contributed by atoms with Gasteiger partial charge in [0.15, 0.2) is 0 Å². The van der Waals surface area contributed by atoms with Crippen LogP contribution in [0.5, 0.6) is 0 Å². The largest absolute Gasteiger partial charge is 0.298 e.